The highest BCUT2D eigenvalue weighted by Gasteiger charge is 2.14. The summed E-state index contributed by atoms with van der Waals surface area (Å²) in [7, 11) is 1.65. The predicted octanol–water partition coefficient (Wildman–Crippen LogP) is 3.48. The van der Waals surface area contributed by atoms with Crippen LogP contribution >= 0.6 is 0 Å². The molecule has 0 fully saturated rings. The van der Waals surface area contributed by atoms with Gasteiger partial charge in [-0.1, -0.05) is 44.1 Å². The van der Waals surface area contributed by atoms with Crippen LogP contribution in [0.3, 0.4) is 0 Å². The van der Waals surface area contributed by atoms with E-state index in [1.54, 1.807) is 7.11 Å². The van der Waals surface area contributed by atoms with E-state index in [9.17, 15) is 0 Å². The molecule has 1 aliphatic heterocycles. The minimum Gasteiger partial charge on any atom is -0.493 e. The van der Waals surface area contributed by atoms with Gasteiger partial charge in [0, 0.05) is 25.2 Å². The highest BCUT2D eigenvalue weighted by molar-refractivity contribution is 5.46. The SMILES string of the molecule is CCCCCN1CC=CC=C1COc1c(CN)cccc1OC. The summed E-state index contributed by atoms with van der Waals surface area (Å²) in [5.74, 6) is 1.49. The normalized spacial score (nSPS) is 13.9. The van der Waals surface area contributed by atoms with Gasteiger partial charge in [-0.25, -0.2) is 0 Å². The van der Waals surface area contributed by atoms with E-state index in [0.717, 1.165) is 30.2 Å². The van der Waals surface area contributed by atoms with Crippen LogP contribution in [0.25, 0.3) is 0 Å². The molecule has 0 aromatic heterocycles. The molecule has 1 heterocycles. The molecule has 1 aromatic carbocycles. The molecule has 126 valence electrons. The molecular formula is C19H28N2O2. The first-order chi connectivity index (χ1) is 11.3. The maximum atomic E-state index is 6.08. The molecule has 4 nitrogen and oxygen atoms in total. The lowest BCUT2D eigenvalue weighted by molar-refractivity contribution is 0.261. The fourth-order valence-corrected chi connectivity index (χ4v) is 2.71. The molecule has 4 heteroatoms. The number of benzene rings is 1. The van der Waals surface area contributed by atoms with Crippen LogP contribution in [0.4, 0.5) is 0 Å². The maximum absolute atomic E-state index is 6.08. The molecule has 0 radical (unpaired) electrons. The van der Waals surface area contributed by atoms with E-state index in [0.29, 0.717) is 13.2 Å². The number of rotatable bonds is 9. The topological polar surface area (TPSA) is 47.7 Å². The number of nitrogens with two attached hydrogens (primary N) is 1. The Labute approximate surface area is 139 Å². The van der Waals surface area contributed by atoms with Crippen molar-refractivity contribution in [1.29, 1.82) is 0 Å². The summed E-state index contributed by atoms with van der Waals surface area (Å²) in [5, 5.41) is 0. The Hall–Kier alpha value is -1.94. The molecule has 1 aromatic rings. The number of hydrogen-bond acceptors (Lipinski definition) is 4. The fraction of sp³-hybridized carbons (Fsp3) is 0.474. The Kier molecular flexibility index (Phi) is 7.01. The lowest BCUT2D eigenvalue weighted by atomic mass is 10.2. The molecule has 0 aliphatic carbocycles. The second-order valence-electron chi connectivity index (χ2n) is 5.68. The van der Waals surface area contributed by atoms with Crippen molar-refractivity contribution in [3.8, 4) is 11.5 Å². The van der Waals surface area contributed by atoms with Crippen molar-refractivity contribution < 1.29 is 9.47 Å². The predicted molar refractivity (Wildman–Crippen MR) is 94.7 cm³/mol. The van der Waals surface area contributed by atoms with Gasteiger partial charge in [0.05, 0.1) is 12.8 Å². The fourth-order valence-electron chi connectivity index (χ4n) is 2.71. The molecule has 23 heavy (non-hydrogen) atoms. The number of nitrogens with zero attached hydrogens (tertiary/aromatic N) is 1. The van der Waals surface area contributed by atoms with E-state index in [-0.39, 0.29) is 0 Å². The molecule has 2 rings (SSSR count). The molecule has 2 N–H and O–H groups in total. The number of ether oxygens (including phenoxy) is 2. The standard InChI is InChI=1S/C19H28N2O2/c1-3-4-6-12-21-13-7-5-10-17(21)15-23-19-16(14-20)9-8-11-18(19)22-2/h5,7-11H,3-4,6,12-15,20H2,1-2H3. The average molecular weight is 316 g/mol. The van der Waals surface area contributed by atoms with Crippen molar-refractivity contribution in [2.24, 2.45) is 5.73 Å². The molecule has 0 unspecified atom stereocenters. The molecule has 0 saturated heterocycles. The highest BCUT2D eigenvalue weighted by Crippen LogP contribution is 2.31. The largest absolute Gasteiger partial charge is 0.493 e. The summed E-state index contributed by atoms with van der Waals surface area (Å²) in [6, 6.07) is 5.82. The van der Waals surface area contributed by atoms with Gasteiger partial charge in [0.15, 0.2) is 11.5 Å². The first-order valence-corrected chi connectivity index (χ1v) is 8.39. The van der Waals surface area contributed by atoms with Gasteiger partial charge in [-0.15, -0.1) is 0 Å². The first kappa shape index (κ1) is 17.4. The van der Waals surface area contributed by atoms with Crippen LogP contribution in [0.2, 0.25) is 0 Å². The van der Waals surface area contributed by atoms with Gasteiger partial charge in [0.25, 0.3) is 0 Å². The molecule has 0 amide bonds. The van der Waals surface area contributed by atoms with Crippen molar-refractivity contribution in [2.45, 2.75) is 32.7 Å². The zero-order chi connectivity index (χ0) is 16.5. The van der Waals surface area contributed by atoms with E-state index in [1.807, 2.05) is 18.2 Å². The van der Waals surface area contributed by atoms with Crippen molar-refractivity contribution in [1.82, 2.24) is 4.90 Å². The lowest BCUT2D eigenvalue weighted by Crippen LogP contribution is -2.29. The van der Waals surface area contributed by atoms with E-state index in [4.69, 9.17) is 15.2 Å². The summed E-state index contributed by atoms with van der Waals surface area (Å²) in [6.45, 7) is 5.22. The summed E-state index contributed by atoms with van der Waals surface area (Å²) in [6.07, 6.45) is 10.1. The van der Waals surface area contributed by atoms with E-state index in [1.165, 1.54) is 25.0 Å². The van der Waals surface area contributed by atoms with Gasteiger partial charge in [-0.3, -0.25) is 0 Å². The van der Waals surface area contributed by atoms with Gasteiger partial charge >= 0.3 is 0 Å². The lowest BCUT2D eigenvalue weighted by Gasteiger charge is -2.28. The van der Waals surface area contributed by atoms with Gasteiger partial charge in [-0.2, -0.15) is 0 Å². The Morgan fingerprint density at radius 2 is 2.13 bits per heavy atom. The van der Waals surface area contributed by atoms with Crippen LogP contribution in [0.15, 0.2) is 42.1 Å². The maximum Gasteiger partial charge on any atom is 0.166 e. The monoisotopic (exact) mass is 316 g/mol. The van der Waals surface area contributed by atoms with Gasteiger partial charge in [0.1, 0.15) is 6.61 Å². The van der Waals surface area contributed by atoms with E-state index >= 15 is 0 Å². The van der Waals surface area contributed by atoms with Crippen LogP contribution in [-0.2, 0) is 6.54 Å². The van der Waals surface area contributed by atoms with Crippen molar-refractivity contribution in [3.05, 3.63) is 47.7 Å². The number of allylic oxidation sites excluding steroid dienone is 2. The van der Waals surface area contributed by atoms with Crippen LogP contribution in [0.1, 0.15) is 31.7 Å². The Morgan fingerprint density at radius 1 is 1.26 bits per heavy atom. The van der Waals surface area contributed by atoms with Gasteiger partial charge in [-0.05, 0) is 18.6 Å². The Balaban J connectivity index is 2.03. The average Bonchev–Trinajstić information content (AvgIpc) is 2.60. The number of methoxy groups -OCH3 is 1. The van der Waals surface area contributed by atoms with Crippen LogP contribution in [0, 0.1) is 0 Å². The van der Waals surface area contributed by atoms with E-state index in [2.05, 4.69) is 30.1 Å². The molecular weight excluding hydrogens is 288 g/mol. The second kappa shape index (κ2) is 9.26. The molecule has 0 atom stereocenters. The molecule has 1 aliphatic rings. The minimum absolute atomic E-state index is 0.436. The Bertz CT molecular complexity index is 530. The van der Waals surface area contributed by atoms with Crippen molar-refractivity contribution in [3.63, 3.8) is 0 Å². The zero-order valence-corrected chi connectivity index (χ0v) is 14.3. The first-order valence-electron chi connectivity index (χ1n) is 8.39. The smallest absolute Gasteiger partial charge is 0.166 e. The number of unbranched alkanes of at least 4 members (excludes halogenated alkanes) is 2. The summed E-state index contributed by atoms with van der Waals surface area (Å²) >= 11 is 0. The minimum atomic E-state index is 0.436. The number of hydrogen-bond donors (Lipinski definition) is 1. The second-order valence-corrected chi connectivity index (χ2v) is 5.68. The van der Waals surface area contributed by atoms with Crippen molar-refractivity contribution >= 4 is 0 Å². The molecule has 0 bridgehead atoms. The van der Waals surface area contributed by atoms with Crippen LogP contribution in [0.5, 0.6) is 11.5 Å². The van der Waals surface area contributed by atoms with Gasteiger partial charge < -0.3 is 20.1 Å². The third-order valence-electron chi connectivity index (χ3n) is 4.05. The van der Waals surface area contributed by atoms with E-state index < -0.39 is 0 Å². The Morgan fingerprint density at radius 3 is 2.87 bits per heavy atom. The molecule has 0 saturated carbocycles. The van der Waals surface area contributed by atoms with Crippen LogP contribution in [-0.4, -0.2) is 31.7 Å². The summed E-state index contributed by atoms with van der Waals surface area (Å²) in [4.78, 5) is 2.38. The summed E-state index contributed by atoms with van der Waals surface area (Å²) in [5.41, 5.74) is 7.99. The third kappa shape index (κ3) is 4.76. The summed E-state index contributed by atoms with van der Waals surface area (Å²) < 4.78 is 11.5. The molecule has 0 spiro atoms. The number of para-hydroxylation sites is 1. The van der Waals surface area contributed by atoms with Crippen LogP contribution < -0.4 is 15.2 Å². The van der Waals surface area contributed by atoms with Gasteiger partial charge in [0.2, 0.25) is 0 Å². The third-order valence-corrected chi connectivity index (χ3v) is 4.05. The zero-order valence-electron chi connectivity index (χ0n) is 14.3. The van der Waals surface area contributed by atoms with Crippen molar-refractivity contribution in [2.75, 3.05) is 26.8 Å². The quantitative estimate of drug-likeness (QED) is 0.709. The highest BCUT2D eigenvalue weighted by atomic mass is 16.5.